The van der Waals surface area contributed by atoms with Crippen molar-refractivity contribution in [2.75, 3.05) is 12.3 Å². The van der Waals surface area contributed by atoms with Gasteiger partial charge in [0.25, 0.3) is 0 Å². The Morgan fingerprint density at radius 3 is 2.70 bits per heavy atom. The lowest BCUT2D eigenvalue weighted by molar-refractivity contribution is -0.0575. The zero-order valence-corrected chi connectivity index (χ0v) is 9.96. The molecule has 0 saturated carbocycles. The quantitative estimate of drug-likeness (QED) is 0.441. The third kappa shape index (κ3) is 1.79. The largest absolute Gasteiger partial charge is 0.394 e. The van der Waals surface area contributed by atoms with E-state index in [1.54, 1.807) is 0 Å². The first-order chi connectivity index (χ1) is 9.52. The Hall–Kier alpha value is -1.95. The van der Waals surface area contributed by atoms with Gasteiger partial charge in [0, 0.05) is 0 Å². The highest BCUT2D eigenvalue weighted by Gasteiger charge is 2.44. The minimum atomic E-state index is -1.38. The van der Waals surface area contributed by atoms with Crippen molar-refractivity contribution in [3.8, 4) is 0 Å². The molecule has 3 heterocycles. The molecule has 11 heteroatoms. The average molecular weight is 286 g/mol. The number of hydrogen-bond acceptors (Lipinski definition) is 9. The van der Waals surface area contributed by atoms with Crippen LogP contribution in [0, 0.1) is 6.08 Å². The number of aromatic nitrogens is 5. The van der Waals surface area contributed by atoms with Crippen molar-refractivity contribution in [1.29, 1.82) is 0 Å². The highest BCUT2D eigenvalue weighted by Crippen LogP contribution is 2.30. The van der Waals surface area contributed by atoms with E-state index in [2.05, 4.69) is 20.3 Å². The van der Waals surface area contributed by atoms with Crippen molar-refractivity contribution in [1.82, 2.24) is 25.0 Å². The Morgan fingerprint density at radius 2 is 2.05 bits per heavy atom. The van der Waals surface area contributed by atoms with Crippen LogP contribution in [0.3, 0.4) is 0 Å². The molecule has 3 rings (SSSR count). The van der Waals surface area contributed by atoms with Crippen molar-refractivity contribution in [2.24, 2.45) is 0 Å². The number of aliphatic hydroxyl groups is 3. The van der Waals surface area contributed by atoms with Gasteiger partial charge in [-0.2, -0.15) is 19.0 Å². The van der Waals surface area contributed by atoms with Gasteiger partial charge in [-0.25, -0.2) is 0 Å². The number of rotatable bonds is 2. The van der Waals surface area contributed by atoms with Gasteiger partial charge in [0.05, 0.1) is 6.61 Å². The molecule has 0 aromatic carbocycles. The van der Waals surface area contributed by atoms with Crippen LogP contribution in [0.2, 0.25) is 0 Å². The zero-order valence-electron chi connectivity index (χ0n) is 9.96. The summed E-state index contributed by atoms with van der Waals surface area (Å²) in [4.78, 5) is 6.79. The van der Waals surface area contributed by atoms with Crippen molar-refractivity contribution in [3.05, 3.63) is 6.08 Å². The molecule has 10 nitrogen and oxygen atoms in total. The van der Waals surface area contributed by atoms with Crippen LogP contribution < -0.4 is 5.73 Å². The van der Waals surface area contributed by atoms with Crippen molar-refractivity contribution in [3.63, 3.8) is 0 Å². The molecule has 108 valence electrons. The highest BCUT2D eigenvalue weighted by molar-refractivity contribution is 5.80. The lowest BCUT2D eigenvalue weighted by Crippen LogP contribution is -2.33. The normalized spacial score (nSPS) is 30.2. The SMILES string of the molecule is Nc1nc(F)nc2c1nnn2C1OC(CO)C(O)C1O. The summed E-state index contributed by atoms with van der Waals surface area (Å²) in [5, 5.41) is 35.9. The highest BCUT2D eigenvalue weighted by atomic mass is 19.1. The molecule has 0 spiro atoms. The molecule has 0 amide bonds. The Kier molecular flexibility index (Phi) is 2.97. The Balaban J connectivity index is 2.07. The summed E-state index contributed by atoms with van der Waals surface area (Å²) in [6.07, 6.45) is -5.92. The summed E-state index contributed by atoms with van der Waals surface area (Å²) in [5.41, 5.74) is 5.45. The first kappa shape index (κ1) is 13.1. The van der Waals surface area contributed by atoms with E-state index < -0.39 is 37.2 Å². The Bertz CT molecular complexity index is 651. The number of ether oxygens (including phenoxy) is 1. The minimum absolute atomic E-state index is 0.0455. The number of aliphatic hydroxyl groups excluding tert-OH is 3. The van der Waals surface area contributed by atoms with Crippen LogP contribution in [0.25, 0.3) is 11.2 Å². The molecule has 0 radical (unpaired) electrons. The fraction of sp³-hybridized carbons (Fsp3) is 0.556. The number of nitrogen functional groups attached to an aromatic ring is 1. The summed E-state index contributed by atoms with van der Waals surface area (Å²) < 4.78 is 19.4. The second kappa shape index (κ2) is 4.56. The third-order valence-electron chi connectivity index (χ3n) is 3.08. The molecule has 5 N–H and O–H groups in total. The van der Waals surface area contributed by atoms with Crippen molar-refractivity contribution in [2.45, 2.75) is 24.5 Å². The van der Waals surface area contributed by atoms with Crippen molar-refractivity contribution >= 4 is 17.0 Å². The molecule has 1 aliphatic heterocycles. The van der Waals surface area contributed by atoms with E-state index in [4.69, 9.17) is 15.6 Å². The molecule has 20 heavy (non-hydrogen) atoms. The molecular weight excluding hydrogens is 275 g/mol. The van der Waals surface area contributed by atoms with Crippen molar-refractivity contribution < 1.29 is 24.4 Å². The molecule has 4 atom stereocenters. The summed E-state index contributed by atoms with van der Waals surface area (Å²) >= 11 is 0. The van der Waals surface area contributed by atoms with Crippen LogP contribution in [-0.2, 0) is 4.74 Å². The maximum absolute atomic E-state index is 13.2. The predicted octanol–water partition coefficient (Wildman–Crippen LogP) is -2.45. The fourth-order valence-corrected chi connectivity index (χ4v) is 2.08. The molecule has 4 unspecified atom stereocenters. The third-order valence-corrected chi connectivity index (χ3v) is 3.08. The summed E-state index contributed by atoms with van der Waals surface area (Å²) in [5.74, 6) is -0.203. The van der Waals surface area contributed by atoms with Gasteiger partial charge < -0.3 is 25.8 Å². The second-order valence-corrected chi connectivity index (χ2v) is 4.31. The topological polar surface area (TPSA) is 152 Å². The molecule has 1 fully saturated rings. The standard InChI is InChI=1S/C9H11FN6O4/c10-9-12-6(11)3-7(13-9)16(15-14-3)8-5(19)4(18)2(1-17)20-8/h2,4-5,8,17-19H,1H2,(H2,11,12,13). The lowest BCUT2D eigenvalue weighted by atomic mass is 10.1. The maximum atomic E-state index is 13.2. The van der Waals surface area contributed by atoms with Crippen LogP contribution in [0.5, 0.6) is 0 Å². The van der Waals surface area contributed by atoms with Crippen LogP contribution in [0.15, 0.2) is 0 Å². The predicted molar refractivity (Wildman–Crippen MR) is 60.5 cm³/mol. The zero-order chi connectivity index (χ0) is 14.4. The lowest BCUT2D eigenvalue weighted by Gasteiger charge is -2.14. The molecule has 1 aliphatic rings. The molecule has 2 aromatic heterocycles. The molecule has 0 aliphatic carbocycles. The first-order valence-corrected chi connectivity index (χ1v) is 5.69. The average Bonchev–Trinajstić information content (AvgIpc) is 2.93. The minimum Gasteiger partial charge on any atom is -0.394 e. The van der Waals surface area contributed by atoms with Gasteiger partial charge in [0.2, 0.25) is 0 Å². The van der Waals surface area contributed by atoms with Crippen LogP contribution in [0.1, 0.15) is 6.23 Å². The summed E-state index contributed by atoms with van der Waals surface area (Å²) in [6, 6.07) is 0. The number of nitrogens with zero attached hydrogens (tertiary/aromatic N) is 5. The van der Waals surface area contributed by atoms with E-state index in [9.17, 15) is 14.6 Å². The van der Waals surface area contributed by atoms with Crippen LogP contribution in [-0.4, -0.2) is 65.2 Å². The van der Waals surface area contributed by atoms with E-state index >= 15 is 0 Å². The van der Waals surface area contributed by atoms with Gasteiger partial charge in [-0.1, -0.05) is 5.21 Å². The number of halogens is 1. The van der Waals surface area contributed by atoms with E-state index in [0.717, 1.165) is 4.68 Å². The number of fused-ring (bicyclic) bond motifs is 1. The summed E-state index contributed by atoms with van der Waals surface area (Å²) in [6.45, 7) is -0.493. The van der Waals surface area contributed by atoms with E-state index in [0.29, 0.717) is 0 Å². The van der Waals surface area contributed by atoms with Gasteiger partial charge >= 0.3 is 6.08 Å². The smallest absolute Gasteiger partial charge is 0.312 e. The molecular formula is C9H11FN6O4. The van der Waals surface area contributed by atoms with Gasteiger partial charge in [0.1, 0.15) is 18.3 Å². The second-order valence-electron chi connectivity index (χ2n) is 4.31. The number of hydrogen-bond donors (Lipinski definition) is 4. The van der Waals surface area contributed by atoms with Gasteiger partial charge in [-0.15, -0.1) is 5.10 Å². The van der Waals surface area contributed by atoms with Crippen LogP contribution in [0.4, 0.5) is 10.2 Å². The Labute approximate surface area is 110 Å². The van der Waals surface area contributed by atoms with Gasteiger partial charge in [-0.3, -0.25) is 0 Å². The van der Waals surface area contributed by atoms with Gasteiger partial charge in [0.15, 0.2) is 23.2 Å². The number of nitrogens with two attached hydrogens (primary N) is 1. The van der Waals surface area contributed by atoms with Gasteiger partial charge in [-0.05, 0) is 0 Å². The number of anilines is 1. The monoisotopic (exact) mass is 286 g/mol. The summed E-state index contributed by atoms with van der Waals surface area (Å²) in [7, 11) is 0. The molecule has 0 bridgehead atoms. The Morgan fingerprint density at radius 1 is 1.30 bits per heavy atom. The van der Waals surface area contributed by atoms with Crippen LogP contribution >= 0.6 is 0 Å². The fourth-order valence-electron chi connectivity index (χ4n) is 2.08. The molecule has 1 saturated heterocycles. The van der Waals surface area contributed by atoms with E-state index in [1.807, 2.05) is 0 Å². The van der Waals surface area contributed by atoms with E-state index in [-0.39, 0.29) is 17.0 Å². The van der Waals surface area contributed by atoms with E-state index in [1.165, 1.54) is 0 Å². The first-order valence-electron chi connectivity index (χ1n) is 5.69. The molecule has 2 aromatic rings. The maximum Gasteiger partial charge on any atom is 0.312 e.